The standard InChI is InChI=1S/C11H14N2O2/c1-9(2)14-6-7-15-11-4-3-5-13-10(11)8-12/h3-5,9H,6-7H2,1-2H3. The summed E-state index contributed by atoms with van der Waals surface area (Å²) < 4.78 is 10.7. The van der Waals surface area contributed by atoms with Gasteiger partial charge in [-0.15, -0.1) is 0 Å². The lowest BCUT2D eigenvalue weighted by Gasteiger charge is -2.09. The Kier molecular flexibility index (Phi) is 4.58. The molecule has 0 saturated heterocycles. The highest BCUT2D eigenvalue weighted by molar-refractivity contribution is 5.36. The van der Waals surface area contributed by atoms with Crippen LogP contribution in [0, 0.1) is 11.3 Å². The van der Waals surface area contributed by atoms with E-state index in [2.05, 4.69) is 4.98 Å². The average Bonchev–Trinajstić information content (AvgIpc) is 2.24. The lowest BCUT2D eigenvalue weighted by molar-refractivity contribution is 0.0551. The van der Waals surface area contributed by atoms with Crippen LogP contribution in [0.2, 0.25) is 0 Å². The number of aromatic nitrogens is 1. The SMILES string of the molecule is CC(C)OCCOc1cccnc1C#N. The van der Waals surface area contributed by atoms with Crippen molar-refractivity contribution >= 4 is 0 Å². The first-order valence-corrected chi connectivity index (χ1v) is 4.83. The third-order valence-corrected chi connectivity index (χ3v) is 1.67. The van der Waals surface area contributed by atoms with E-state index < -0.39 is 0 Å². The predicted octanol–water partition coefficient (Wildman–Crippen LogP) is 1.76. The van der Waals surface area contributed by atoms with Crippen LogP contribution in [-0.4, -0.2) is 24.3 Å². The number of nitriles is 1. The molecule has 1 heterocycles. The Morgan fingerprint density at radius 1 is 1.47 bits per heavy atom. The fourth-order valence-corrected chi connectivity index (χ4v) is 1.03. The summed E-state index contributed by atoms with van der Waals surface area (Å²) in [4.78, 5) is 3.88. The van der Waals surface area contributed by atoms with Crippen molar-refractivity contribution in [3.63, 3.8) is 0 Å². The van der Waals surface area contributed by atoms with Gasteiger partial charge in [0.15, 0.2) is 11.4 Å². The van der Waals surface area contributed by atoms with Crippen molar-refractivity contribution < 1.29 is 9.47 Å². The molecule has 80 valence electrons. The van der Waals surface area contributed by atoms with Crippen LogP contribution in [0.3, 0.4) is 0 Å². The highest BCUT2D eigenvalue weighted by Gasteiger charge is 2.02. The Labute approximate surface area is 89.5 Å². The molecular formula is C11H14N2O2. The molecule has 0 N–H and O–H groups in total. The number of pyridine rings is 1. The molecule has 0 saturated carbocycles. The summed E-state index contributed by atoms with van der Waals surface area (Å²) in [6, 6.07) is 5.43. The summed E-state index contributed by atoms with van der Waals surface area (Å²) in [6.45, 7) is 4.87. The molecule has 0 radical (unpaired) electrons. The van der Waals surface area contributed by atoms with Gasteiger partial charge in [-0.05, 0) is 26.0 Å². The van der Waals surface area contributed by atoms with Gasteiger partial charge >= 0.3 is 0 Å². The fraction of sp³-hybridized carbons (Fsp3) is 0.455. The molecule has 4 heteroatoms. The van der Waals surface area contributed by atoms with Gasteiger partial charge in [-0.25, -0.2) is 4.98 Å². The first-order chi connectivity index (χ1) is 7.24. The van der Waals surface area contributed by atoms with Crippen molar-refractivity contribution in [1.82, 2.24) is 4.98 Å². The molecule has 1 rings (SSSR count). The topological polar surface area (TPSA) is 55.1 Å². The number of ether oxygens (including phenoxy) is 2. The van der Waals surface area contributed by atoms with Gasteiger partial charge in [-0.2, -0.15) is 5.26 Å². The van der Waals surface area contributed by atoms with Crippen molar-refractivity contribution in [3.8, 4) is 11.8 Å². The maximum atomic E-state index is 8.74. The van der Waals surface area contributed by atoms with E-state index in [0.717, 1.165) is 0 Å². The van der Waals surface area contributed by atoms with Gasteiger partial charge < -0.3 is 9.47 Å². The summed E-state index contributed by atoms with van der Waals surface area (Å²) >= 11 is 0. The molecular weight excluding hydrogens is 192 g/mol. The van der Waals surface area contributed by atoms with Crippen molar-refractivity contribution in [2.45, 2.75) is 20.0 Å². The van der Waals surface area contributed by atoms with Crippen molar-refractivity contribution in [1.29, 1.82) is 5.26 Å². The molecule has 1 aromatic rings. The Bertz CT molecular complexity index is 345. The molecule has 0 aliphatic rings. The van der Waals surface area contributed by atoms with Crippen molar-refractivity contribution in [2.75, 3.05) is 13.2 Å². The van der Waals surface area contributed by atoms with Crippen LogP contribution in [0.5, 0.6) is 5.75 Å². The van der Waals surface area contributed by atoms with Gasteiger partial charge in [-0.3, -0.25) is 0 Å². The first kappa shape index (κ1) is 11.5. The minimum Gasteiger partial charge on any atom is -0.488 e. The van der Waals surface area contributed by atoms with E-state index in [0.29, 0.717) is 24.7 Å². The second kappa shape index (κ2) is 5.99. The Hall–Kier alpha value is -1.60. The third kappa shape index (κ3) is 3.96. The molecule has 0 spiro atoms. The van der Waals surface area contributed by atoms with E-state index in [1.165, 1.54) is 0 Å². The summed E-state index contributed by atoms with van der Waals surface area (Å²) in [5.74, 6) is 0.507. The zero-order chi connectivity index (χ0) is 11.1. The Balaban J connectivity index is 2.41. The average molecular weight is 206 g/mol. The van der Waals surface area contributed by atoms with Crippen molar-refractivity contribution in [3.05, 3.63) is 24.0 Å². The molecule has 0 aliphatic heterocycles. The quantitative estimate of drug-likeness (QED) is 0.689. The molecule has 0 aliphatic carbocycles. The highest BCUT2D eigenvalue weighted by atomic mass is 16.5. The van der Waals surface area contributed by atoms with E-state index in [9.17, 15) is 0 Å². The van der Waals surface area contributed by atoms with Gasteiger partial charge in [0.1, 0.15) is 12.7 Å². The van der Waals surface area contributed by atoms with Crippen LogP contribution in [0.4, 0.5) is 0 Å². The minimum absolute atomic E-state index is 0.193. The molecule has 0 unspecified atom stereocenters. The highest BCUT2D eigenvalue weighted by Crippen LogP contribution is 2.13. The maximum Gasteiger partial charge on any atom is 0.182 e. The van der Waals surface area contributed by atoms with E-state index in [1.807, 2.05) is 19.9 Å². The second-order valence-corrected chi connectivity index (χ2v) is 3.23. The summed E-state index contributed by atoms with van der Waals surface area (Å²) in [5, 5.41) is 8.74. The van der Waals surface area contributed by atoms with E-state index in [1.54, 1.807) is 18.3 Å². The van der Waals surface area contributed by atoms with E-state index in [4.69, 9.17) is 14.7 Å². The zero-order valence-electron chi connectivity index (χ0n) is 8.93. The lowest BCUT2D eigenvalue weighted by Crippen LogP contribution is -2.11. The molecule has 0 amide bonds. The summed E-state index contributed by atoms with van der Waals surface area (Å²) in [5.41, 5.74) is 0.307. The van der Waals surface area contributed by atoms with Crippen molar-refractivity contribution in [2.24, 2.45) is 0 Å². The van der Waals surface area contributed by atoms with Crippen LogP contribution in [0.15, 0.2) is 18.3 Å². The largest absolute Gasteiger partial charge is 0.488 e. The van der Waals surface area contributed by atoms with E-state index >= 15 is 0 Å². The van der Waals surface area contributed by atoms with E-state index in [-0.39, 0.29) is 6.10 Å². The molecule has 4 nitrogen and oxygen atoms in total. The number of hydrogen-bond donors (Lipinski definition) is 0. The Morgan fingerprint density at radius 2 is 2.27 bits per heavy atom. The second-order valence-electron chi connectivity index (χ2n) is 3.23. The number of nitrogens with zero attached hydrogens (tertiary/aromatic N) is 2. The molecule has 0 atom stereocenters. The molecule has 0 aromatic carbocycles. The normalized spacial score (nSPS) is 10.0. The molecule has 1 aromatic heterocycles. The fourth-order valence-electron chi connectivity index (χ4n) is 1.03. The summed E-state index contributed by atoms with van der Waals surface area (Å²) in [7, 11) is 0. The van der Waals surface area contributed by atoms with Gasteiger partial charge in [-0.1, -0.05) is 0 Å². The van der Waals surface area contributed by atoms with Gasteiger partial charge in [0, 0.05) is 6.20 Å². The summed E-state index contributed by atoms with van der Waals surface area (Å²) in [6.07, 6.45) is 1.76. The smallest absolute Gasteiger partial charge is 0.182 e. The first-order valence-electron chi connectivity index (χ1n) is 4.83. The van der Waals surface area contributed by atoms with Gasteiger partial charge in [0.05, 0.1) is 12.7 Å². The van der Waals surface area contributed by atoms with Crippen LogP contribution in [0.25, 0.3) is 0 Å². The minimum atomic E-state index is 0.193. The van der Waals surface area contributed by atoms with Crippen LogP contribution in [0.1, 0.15) is 19.5 Å². The van der Waals surface area contributed by atoms with Crippen LogP contribution in [-0.2, 0) is 4.74 Å². The third-order valence-electron chi connectivity index (χ3n) is 1.67. The van der Waals surface area contributed by atoms with Crippen LogP contribution >= 0.6 is 0 Å². The van der Waals surface area contributed by atoms with Gasteiger partial charge in [0.2, 0.25) is 0 Å². The lowest BCUT2D eigenvalue weighted by atomic mass is 10.3. The maximum absolute atomic E-state index is 8.74. The zero-order valence-corrected chi connectivity index (χ0v) is 8.93. The number of rotatable bonds is 5. The predicted molar refractivity (Wildman–Crippen MR) is 55.5 cm³/mol. The Morgan fingerprint density at radius 3 is 2.93 bits per heavy atom. The van der Waals surface area contributed by atoms with Crippen LogP contribution < -0.4 is 4.74 Å². The number of hydrogen-bond acceptors (Lipinski definition) is 4. The molecule has 0 bridgehead atoms. The monoisotopic (exact) mass is 206 g/mol. The molecule has 15 heavy (non-hydrogen) atoms. The van der Waals surface area contributed by atoms with Gasteiger partial charge in [0.25, 0.3) is 0 Å². The molecule has 0 fully saturated rings.